The minimum atomic E-state index is -0.637. The summed E-state index contributed by atoms with van der Waals surface area (Å²) in [5.41, 5.74) is 4.65. The molecule has 2 amide bonds. The number of carbonyl (C=O) groups is 2. The van der Waals surface area contributed by atoms with Crippen molar-refractivity contribution < 1.29 is 19.1 Å². The van der Waals surface area contributed by atoms with Crippen LogP contribution in [0, 0.1) is 0 Å². The van der Waals surface area contributed by atoms with Crippen molar-refractivity contribution in [3.8, 4) is 5.75 Å². The van der Waals surface area contributed by atoms with Gasteiger partial charge in [-0.2, -0.15) is 0 Å². The number of anilines is 1. The van der Waals surface area contributed by atoms with E-state index >= 15 is 0 Å². The molecule has 1 saturated heterocycles. The molecule has 8 nitrogen and oxygen atoms in total. The van der Waals surface area contributed by atoms with Crippen LogP contribution in [0.25, 0.3) is 0 Å². The lowest BCUT2D eigenvalue weighted by Crippen LogP contribution is -2.46. The number of nitrogens with one attached hydrogen (secondary N) is 2. The topological polar surface area (TPSA) is 83.1 Å². The summed E-state index contributed by atoms with van der Waals surface area (Å²) in [6.07, 6.45) is 1.02. The quantitative estimate of drug-likeness (QED) is 0.620. The van der Waals surface area contributed by atoms with Crippen LogP contribution in [0.3, 0.4) is 0 Å². The molecular weight excluding hydrogens is 420 g/mol. The van der Waals surface area contributed by atoms with E-state index in [4.69, 9.17) is 9.47 Å². The van der Waals surface area contributed by atoms with Crippen molar-refractivity contribution in [3.63, 3.8) is 0 Å². The number of hydrogen-bond acceptors (Lipinski definition) is 6. The predicted molar refractivity (Wildman–Crippen MR) is 126 cm³/mol. The van der Waals surface area contributed by atoms with Crippen LogP contribution < -0.4 is 20.3 Å². The number of hydrogen-bond donors (Lipinski definition) is 2. The van der Waals surface area contributed by atoms with Crippen LogP contribution in [0.4, 0.5) is 5.69 Å². The van der Waals surface area contributed by atoms with Crippen molar-refractivity contribution in [2.24, 2.45) is 0 Å². The molecule has 0 radical (unpaired) electrons. The first kappa shape index (κ1) is 23.1. The Kier molecular flexibility index (Phi) is 7.47. The normalized spacial score (nSPS) is 16.7. The van der Waals surface area contributed by atoms with Crippen molar-refractivity contribution >= 4 is 17.5 Å². The molecule has 2 aromatic carbocycles. The standard InChI is InChI=1S/C25H32N4O4/c1-28-10-9-20-15-19(5-8-22(20)28)23(29-11-13-33-14-12-29)17-27-25(31)24(30)26-16-18-3-6-21(32-2)7-4-18/h3-8,15,23H,9-14,16-17H2,1-2H3,(H,26,30)(H,27,31)/t23-/m1/s1. The summed E-state index contributed by atoms with van der Waals surface area (Å²) in [7, 11) is 3.71. The monoisotopic (exact) mass is 452 g/mol. The molecule has 8 heteroatoms. The lowest BCUT2D eigenvalue weighted by molar-refractivity contribution is -0.139. The van der Waals surface area contributed by atoms with E-state index in [0.717, 1.165) is 42.9 Å². The lowest BCUT2D eigenvalue weighted by Gasteiger charge is -2.35. The highest BCUT2D eigenvalue weighted by Crippen LogP contribution is 2.31. The fraction of sp³-hybridized carbons (Fsp3) is 0.440. The third-order valence-corrected chi connectivity index (χ3v) is 6.38. The minimum absolute atomic E-state index is 0.0107. The number of methoxy groups -OCH3 is 1. The molecule has 2 aliphatic heterocycles. The SMILES string of the molecule is COc1ccc(CNC(=O)C(=O)NC[C@H](c2ccc3c(c2)CCN3C)N2CCOCC2)cc1. The highest BCUT2D eigenvalue weighted by molar-refractivity contribution is 6.35. The van der Waals surface area contributed by atoms with Gasteiger partial charge in [0.1, 0.15) is 5.75 Å². The largest absolute Gasteiger partial charge is 0.497 e. The number of nitrogens with zero attached hydrogens (tertiary/aromatic N) is 2. The maximum Gasteiger partial charge on any atom is 0.309 e. The highest BCUT2D eigenvalue weighted by Gasteiger charge is 2.26. The van der Waals surface area contributed by atoms with Crippen LogP contribution in [-0.2, 0) is 27.3 Å². The Bertz CT molecular complexity index is 973. The first-order chi connectivity index (χ1) is 16.0. The van der Waals surface area contributed by atoms with Gasteiger partial charge in [0.25, 0.3) is 0 Å². The molecule has 2 heterocycles. The average Bonchev–Trinajstić information content (AvgIpc) is 3.23. The molecule has 0 aromatic heterocycles. The Hall–Kier alpha value is -3.10. The number of carbonyl (C=O) groups excluding carboxylic acids is 2. The van der Waals surface area contributed by atoms with Crippen LogP contribution in [0.15, 0.2) is 42.5 Å². The Morgan fingerprint density at radius 1 is 1.03 bits per heavy atom. The number of morpholine rings is 1. The molecule has 0 unspecified atom stereocenters. The number of amides is 2. The lowest BCUT2D eigenvalue weighted by atomic mass is 10.0. The number of rotatable bonds is 7. The smallest absolute Gasteiger partial charge is 0.309 e. The van der Waals surface area contributed by atoms with Crippen LogP contribution in [0.2, 0.25) is 0 Å². The first-order valence-corrected chi connectivity index (χ1v) is 11.4. The summed E-state index contributed by atoms with van der Waals surface area (Å²) >= 11 is 0. The summed E-state index contributed by atoms with van der Waals surface area (Å²) < 4.78 is 10.7. The third-order valence-electron chi connectivity index (χ3n) is 6.38. The molecule has 0 saturated carbocycles. The molecule has 2 N–H and O–H groups in total. The molecule has 33 heavy (non-hydrogen) atoms. The summed E-state index contributed by atoms with van der Waals surface area (Å²) in [5, 5.41) is 5.53. The van der Waals surface area contributed by atoms with Gasteiger partial charge in [-0.25, -0.2) is 0 Å². The van der Waals surface area contributed by atoms with Crippen LogP contribution in [0.5, 0.6) is 5.75 Å². The Labute approximate surface area is 194 Å². The van der Waals surface area contributed by atoms with Crippen molar-refractivity contribution in [2.75, 3.05) is 58.5 Å². The number of ether oxygens (including phenoxy) is 2. The Balaban J connectivity index is 1.37. The van der Waals surface area contributed by atoms with Crippen molar-refractivity contribution in [2.45, 2.75) is 19.0 Å². The van der Waals surface area contributed by atoms with Crippen LogP contribution in [-0.4, -0.2) is 70.3 Å². The second-order valence-electron chi connectivity index (χ2n) is 8.46. The van der Waals surface area contributed by atoms with Crippen molar-refractivity contribution in [3.05, 3.63) is 59.2 Å². The zero-order valence-corrected chi connectivity index (χ0v) is 19.3. The predicted octanol–water partition coefficient (Wildman–Crippen LogP) is 1.49. The Morgan fingerprint density at radius 3 is 2.48 bits per heavy atom. The Morgan fingerprint density at radius 2 is 1.76 bits per heavy atom. The van der Waals surface area contributed by atoms with E-state index in [1.54, 1.807) is 7.11 Å². The molecule has 176 valence electrons. The molecule has 4 rings (SSSR count). The molecule has 2 aromatic rings. The summed E-state index contributed by atoms with van der Waals surface area (Å²) in [6, 6.07) is 13.9. The molecule has 1 fully saturated rings. The minimum Gasteiger partial charge on any atom is -0.497 e. The number of likely N-dealkylation sites (N-methyl/N-ethyl adjacent to an activating group) is 1. The molecular formula is C25H32N4O4. The second kappa shape index (κ2) is 10.7. The summed E-state index contributed by atoms with van der Waals surface area (Å²) in [6.45, 7) is 4.58. The molecule has 2 aliphatic rings. The van der Waals surface area contributed by atoms with Gasteiger partial charge in [0.05, 0.1) is 26.4 Å². The zero-order valence-electron chi connectivity index (χ0n) is 19.3. The second-order valence-corrected chi connectivity index (χ2v) is 8.46. The maximum absolute atomic E-state index is 12.5. The van der Waals surface area contributed by atoms with E-state index in [2.05, 4.69) is 45.7 Å². The number of benzene rings is 2. The molecule has 0 aliphatic carbocycles. The zero-order chi connectivity index (χ0) is 23.2. The van der Waals surface area contributed by atoms with E-state index in [-0.39, 0.29) is 12.6 Å². The van der Waals surface area contributed by atoms with Gasteiger partial charge < -0.3 is 25.0 Å². The van der Waals surface area contributed by atoms with Gasteiger partial charge in [-0.05, 0) is 41.3 Å². The van der Waals surface area contributed by atoms with E-state index in [9.17, 15) is 9.59 Å². The average molecular weight is 453 g/mol. The van der Waals surface area contributed by atoms with Gasteiger partial charge in [-0.3, -0.25) is 14.5 Å². The van der Waals surface area contributed by atoms with E-state index in [1.807, 2.05) is 24.3 Å². The van der Waals surface area contributed by atoms with Crippen LogP contribution in [0.1, 0.15) is 22.7 Å². The molecule has 1 atom stereocenters. The maximum atomic E-state index is 12.5. The van der Waals surface area contributed by atoms with Gasteiger partial charge in [-0.1, -0.05) is 24.3 Å². The van der Waals surface area contributed by atoms with Gasteiger partial charge in [0.2, 0.25) is 0 Å². The van der Waals surface area contributed by atoms with Gasteiger partial charge in [0.15, 0.2) is 0 Å². The number of fused-ring (bicyclic) bond motifs is 1. The van der Waals surface area contributed by atoms with Crippen molar-refractivity contribution in [1.82, 2.24) is 15.5 Å². The van der Waals surface area contributed by atoms with Gasteiger partial charge in [0, 0.05) is 45.5 Å². The van der Waals surface area contributed by atoms with Gasteiger partial charge >= 0.3 is 11.8 Å². The van der Waals surface area contributed by atoms with Crippen molar-refractivity contribution in [1.29, 1.82) is 0 Å². The first-order valence-electron chi connectivity index (χ1n) is 11.4. The fourth-order valence-electron chi connectivity index (χ4n) is 4.42. The summed E-state index contributed by atoms with van der Waals surface area (Å²) in [4.78, 5) is 29.5. The molecule has 0 spiro atoms. The van der Waals surface area contributed by atoms with Crippen LogP contribution >= 0.6 is 0 Å². The van der Waals surface area contributed by atoms with E-state index in [1.165, 1.54) is 11.3 Å². The van der Waals surface area contributed by atoms with Gasteiger partial charge in [-0.15, -0.1) is 0 Å². The summed E-state index contributed by atoms with van der Waals surface area (Å²) in [5.74, 6) is -0.514. The van der Waals surface area contributed by atoms with E-state index in [0.29, 0.717) is 19.8 Å². The molecule has 0 bridgehead atoms. The fourth-order valence-corrected chi connectivity index (χ4v) is 4.42. The third kappa shape index (κ3) is 5.64. The highest BCUT2D eigenvalue weighted by atomic mass is 16.5. The van der Waals surface area contributed by atoms with E-state index < -0.39 is 11.8 Å².